The molecule has 0 fully saturated rings. The topological polar surface area (TPSA) is 93.8 Å². The summed E-state index contributed by atoms with van der Waals surface area (Å²) in [6.45, 7) is 3.78. The van der Waals surface area contributed by atoms with E-state index in [1.807, 2.05) is 19.1 Å². The third kappa shape index (κ3) is 3.47. The van der Waals surface area contributed by atoms with Crippen LogP contribution in [0.3, 0.4) is 0 Å². The van der Waals surface area contributed by atoms with E-state index in [1.54, 1.807) is 42.8 Å². The minimum absolute atomic E-state index is 0.262. The van der Waals surface area contributed by atoms with Crippen LogP contribution in [0.1, 0.15) is 21.6 Å². The molecule has 1 N–H and O–H groups in total. The van der Waals surface area contributed by atoms with Crippen LogP contribution in [0.2, 0.25) is 0 Å². The van der Waals surface area contributed by atoms with Gasteiger partial charge in [0.2, 0.25) is 0 Å². The number of hydrogen-bond donors (Lipinski definition) is 1. The lowest BCUT2D eigenvalue weighted by molar-refractivity contribution is 0.102. The first kappa shape index (κ1) is 17.0. The third-order valence-corrected chi connectivity index (χ3v) is 5.32. The van der Waals surface area contributed by atoms with Gasteiger partial charge in [-0.25, -0.2) is 4.98 Å². The van der Waals surface area contributed by atoms with Crippen molar-refractivity contribution < 1.29 is 9.32 Å². The Morgan fingerprint density at radius 2 is 2.04 bits per heavy atom. The summed E-state index contributed by atoms with van der Waals surface area (Å²) in [5.41, 5.74) is 3.15. The summed E-state index contributed by atoms with van der Waals surface area (Å²) in [5.74, 6) is 0.958. The highest BCUT2D eigenvalue weighted by atomic mass is 32.1. The molecule has 4 aromatic rings. The number of amides is 1. The average Bonchev–Trinajstić information content (AvgIpc) is 3.32. The summed E-state index contributed by atoms with van der Waals surface area (Å²) in [6.07, 6.45) is 4.86. The van der Waals surface area contributed by atoms with E-state index in [-0.39, 0.29) is 5.91 Å². The Labute approximate surface area is 159 Å². The summed E-state index contributed by atoms with van der Waals surface area (Å²) in [5, 5.41) is 14.2. The van der Waals surface area contributed by atoms with Gasteiger partial charge >= 0.3 is 0 Å². The second kappa shape index (κ2) is 7.08. The highest BCUT2D eigenvalue weighted by molar-refractivity contribution is 7.19. The molecule has 0 aromatic carbocycles. The average molecular weight is 377 g/mol. The van der Waals surface area contributed by atoms with Crippen LogP contribution in [0, 0.1) is 13.8 Å². The molecule has 7 nitrogen and oxygen atoms in total. The summed E-state index contributed by atoms with van der Waals surface area (Å²) < 4.78 is 5.23. The lowest BCUT2D eigenvalue weighted by Gasteiger charge is -2.06. The van der Waals surface area contributed by atoms with Crippen molar-refractivity contribution in [3.63, 3.8) is 0 Å². The molecule has 134 valence electrons. The quantitative estimate of drug-likeness (QED) is 0.575. The molecule has 4 aromatic heterocycles. The van der Waals surface area contributed by atoms with E-state index >= 15 is 0 Å². The van der Waals surface area contributed by atoms with E-state index in [9.17, 15) is 4.79 Å². The number of anilines is 1. The van der Waals surface area contributed by atoms with Crippen molar-refractivity contribution >= 4 is 23.1 Å². The van der Waals surface area contributed by atoms with Crippen LogP contribution in [-0.2, 0) is 0 Å². The maximum absolute atomic E-state index is 12.3. The molecule has 4 heterocycles. The maximum atomic E-state index is 12.3. The molecular formula is C19H15N5O2S. The molecule has 0 radical (unpaired) electrons. The number of rotatable bonds is 4. The van der Waals surface area contributed by atoms with E-state index in [1.165, 1.54) is 6.20 Å². The van der Waals surface area contributed by atoms with Gasteiger partial charge in [-0.2, -0.15) is 10.2 Å². The molecule has 8 heteroatoms. The first-order chi connectivity index (χ1) is 13.1. The summed E-state index contributed by atoms with van der Waals surface area (Å²) in [6, 6.07) is 9.25. The summed E-state index contributed by atoms with van der Waals surface area (Å²) in [7, 11) is 0. The van der Waals surface area contributed by atoms with Crippen molar-refractivity contribution in [3.8, 4) is 21.1 Å². The summed E-state index contributed by atoms with van der Waals surface area (Å²) >= 11 is 1.61. The molecule has 0 aliphatic heterocycles. The molecule has 0 saturated carbocycles. The van der Waals surface area contributed by atoms with Crippen molar-refractivity contribution in [2.75, 3.05) is 5.32 Å². The van der Waals surface area contributed by atoms with Gasteiger partial charge in [0.15, 0.2) is 5.76 Å². The normalized spacial score (nSPS) is 10.7. The molecule has 0 atom stereocenters. The lowest BCUT2D eigenvalue weighted by atomic mass is 10.1. The van der Waals surface area contributed by atoms with E-state index in [0.29, 0.717) is 17.1 Å². The number of aromatic nitrogens is 4. The van der Waals surface area contributed by atoms with Gasteiger partial charge in [-0.3, -0.25) is 4.79 Å². The minimum Gasteiger partial charge on any atom is -0.355 e. The zero-order valence-corrected chi connectivity index (χ0v) is 15.4. The number of aryl methyl sites for hydroxylation is 2. The number of nitrogens with zero attached hydrogens (tertiary/aromatic N) is 4. The summed E-state index contributed by atoms with van der Waals surface area (Å²) in [4.78, 5) is 18.8. The number of nitrogens with one attached hydrogen (secondary N) is 1. The van der Waals surface area contributed by atoms with Gasteiger partial charge in [-0.05, 0) is 43.7 Å². The minimum atomic E-state index is -0.262. The second-order valence-corrected chi connectivity index (χ2v) is 6.97. The number of thiophene rings is 1. The van der Waals surface area contributed by atoms with Crippen LogP contribution in [0.5, 0.6) is 0 Å². The van der Waals surface area contributed by atoms with Gasteiger partial charge in [0.1, 0.15) is 5.82 Å². The van der Waals surface area contributed by atoms with Gasteiger partial charge in [0, 0.05) is 22.7 Å². The lowest BCUT2D eigenvalue weighted by Crippen LogP contribution is -2.15. The smallest absolute Gasteiger partial charge is 0.258 e. The number of hydrogen-bond acceptors (Lipinski definition) is 7. The Hall–Kier alpha value is -3.39. The fraction of sp³-hybridized carbons (Fsp3) is 0.105. The Balaban J connectivity index is 1.55. The van der Waals surface area contributed by atoms with Crippen LogP contribution in [0.4, 0.5) is 5.82 Å². The second-order valence-electron chi connectivity index (χ2n) is 5.92. The van der Waals surface area contributed by atoms with Crippen molar-refractivity contribution in [2.24, 2.45) is 0 Å². The Bertz CT molecular complexity index is 1090. The molecule has 27 heavy (non-hydrogen) atoms. The number of carbonyl (C=O) groups is 1. The zero-order chi connectivity index (χ0) is 18.8. The molecule has 1 amide bonds. The van der Waals surface area contributed by atoms with E-state index in [4.69, 9.17) is 4.52 Å². The zero-order valence-electron chi connectivity index (χ0n) is 14.6. The van der Waals surface area contributed by atoms with Crippen LogP contribution >= 0.6 is 11.3 Å². The monoisotopic (exact) mass is 377 g/mol. The fourth-order valence-corrected chi connectivity index (χ4v) is 3.78. The molecule has 0 saturated heterocycles. The highest BCUT2D eigenvalue weighted by Crippen LogP contribution is 2.37. The van der Waals surface area contributed by atoms with E-state index < -0.39 is 0 Å². The molecule has 0 unspecified atom stereocenters. The molecule has 0 aliphatic carbocycles. The first-order valence-corrected chi connectivity index (χ1v) is 9.01. The van der Waals surface area contributed by atoms with E-state index in [2.05, 4.69) is 31.7 Å². The number of pyridine rings is 1. The van der Waals surface area contributed by atoms with Crippen molar-refractivity contribution in [1.29, 1.82) is 0 Å². The predicted octanol–water partition coefficient (Wildman–Crippen LogP) is 4.12. The van der Waals surface area contributed by atoms with E-state index in [0.717, 1.165) is 26.6 Å². The van der Waals surface area contributed by atoms with Crippen LogP contribution in [0.15, 0.2) is 53.4 Å². The largest absolute Gasteiger partial charge is 0.355 e. The standard InChI is InChI=1S/C19H15N5O2S/c1-11-9-16(15-6-8-22-26-15)27-18(11)13-3-4-17(20-10-13)23-19(25)14-5-7-21-24-12(14)2/h3-10H,1-2H3,(H,20,23,25). The Morgan fingerprint density at radius 3 is 2.74 bits per heavy atom. The van der Waals surface area contributed by atoms with Gasteiger partial charge in [0.25, 0.3) is 5.91 Å². The first-order valence-electron chi connectivity index (χ1n) is 8.19. The van der Waals surface area contributed by atoms with Gasteiger partial charge in [0.05, 0.1) is 28.5 Å². The van der Waals surface area contributed by atoms with Crippen molar-refractivity contribution in [1.82, 2.24) is 20.3 Å². The van der Waals surface area contributed by atoms with Gasteiger partial charge < -0.3 is 9.84 Å². The van der Waals surface area contributed by atoms with Crippen LogP contribution in [-0.4, -0.2) is 26.2 Å². The predicted molar refractivity (Wildman–Crippen MR) is 103 cm³/mol. The Morgan fingerprint density at radius 1 is 1.15 bits per heavy atom. The molecule has 0 bridgehead atoms. The fourth-order valence-electron chi connectivity index (χ4n) is 2.66. The third-order valence-electron chi connectivity index (χ3n) is 4.02. The number of carbonyl (C=O) groups excluding carboxylic acids is 1. The maximum Gasteiger partial charge on any atom is 0.258 e. The SMILES string of the molecule is Cc1cc(-c2ccno2)sc1-c1ccc(NC(=O)c2ccnnc2C)nc1. The molecule has 4 rings (SSSR count). The van der Waals surface area contributed by atoms with Gasteiger partial charge in [-0.15, -0.1) is 11.3 Å². The van der Waals surface area contributed by atoms with Crippen LogP contribution < -0.4 is 5.32 Å². The Kier molecular flexibility index (Phi) is 4.47. The van der Waals surface area contributed by atoms with Crippen LogP contribution in [0.25, 0.3) is 21.1 Å². The molecule has 0 aliphatic rings. The van der Waals surface area contributed by atoms with Gasteiger partial charge in [-0.1, -0.05) is 5.16 Å². The van der Waals surface area contributed by atoms with Crippen molar-refractivity contribution in [2.45, 2.75) is 13.8 Å². The van der Waals surface area contributed by atoms with Crippen molar-refractivity contribution in [3.05, 3.63) is 65.7 Å². The molecular weight excluding hydrogens is 362 g/mol. The molecule has 0 spiro atoms. The highest BCUT2D eigenvalue weighted by Gasteiger charge is 2.14.